The van der Waals surface area contributed by atoms with Gasteiger partial charge in [0.05, 0.1) is 11.7 Å². The highest BCUT2D eigenvalue weighted by Crippen LogP contribution is 2.25. The zero-order valence-corrected chi connectivity index (χ0v) is 12.6. The van der Waals surface area contributed by atoms with Gasteiger partial charge >= 0.3 is 0 Å². The van der Waals surface area contributed by atoms with Gasteiger partial charge in [0.1, 0.15) is 4.21 Å². The molecule has 1 aliphatic rings. The molecule has 1 heterocycles. The van der Waals surface area contributed by atoms with E-state index in [9.17, 15) is 13.2 Å². The molecule has 1 aliphatic carbocycles. The third-order valence-corrected chi connectivity index (χ3v) is 6.17. The Hall–Kier alpha value is -0.630. The van der Waals surface area contributed by atoms with E-state index in [1.54, 1.807) is 7.11 Å². The Morgan fingerprint density at radius 1 is 1.53 bits per heavy atom. The average molecular weight is 324 g/mol. The number of ether oxygens (including phenoxy) is 1. The first-order valence-corrected chi connectivity index (χ1v) is 8.96. The number of hydrogen-bond acceptors (Lipinski definition) is 5. The van der Waals surface area contributed by atoms with Crippen LogP contribution >= 0.6 is 22.0 Å². The molecule has 1 aromatic rings. The van der Waals surface area contributed by atoms with Crippen molar-refractivity contribution in [2.45, 2.75) is 35.6 Å². The first-order valence-electron chi connectivity index (χ1n) is 5.77. The van der Waals surface area contributed by atoms with Gasteiger partial charge in [-0.15, -0.1) is 11.3 Å². The topological polar surface area (TPSA) is 72.5 Å². The van der Waals surface area contributed by atoms with E-state index in [0.717, 1.165) is 30.6 Å². The molecule has 0 aliphatic heterocycles. The number of carbonyl (C=O) groups is 1. The fourth-order valence-corrected chi connectivity index (χ4v) is 4.06. The molecule has 0 saturated heterocycles. The van der Waals surface area contributed by atoms with Crippen molar-refractivity contribution in [1.29, 1.82) is 0 Å². The number of thiophene rings is 1. The van der Waals surface area contributed by atoms with E-state index in [2.05, 4.69) is 5.32 Å². The van der Waals surface area contributed by atoms with E-state index in [-0.39, 0.29) is 22.3 Å². The summed E-state index contributed by atoms with van der Waals surface area (Å²) < 4.78 is 27.5. The number of hydrogen-bond donors (Lipinski definition) is 1. The van der Waals surface area contributed by atoms with Crippen molar-refractivity contribution in [1.82, 2.24) is 5.32 Å². The molecule has 1 N–H and O–H groups in total. The van der Waals surface area contributed by atoms with Crippen molar-refractivity contribution in [2.24, 2.45) is 0 Å². The Morgan fingerprint density at radius 2 is 2.26 bits per heavy atom. The van der Waals surface area contributed by atoms with Crippen LogP contribution in [0.1, 0.15) is 29.6 Å². The minimum absolute atomic E-state index is 0.0134. The van der Waals surface area contributed by atoms with Crippen molar-refractivity contribution < 1.29 is 17.9 Å². The van der Waals surface area contributed by atoms with E-state index in [1.165, 1.54) is 11.4 Å². The third kappa shape index (κ3) is 3.68. The van der Waals surface area contributed by atoms with Crippen molar-refractivity contribution in [3.63, 3.8) is 0 Å². The summed E-state index contributed by atoms with van der Waals surface area (Å²) in [6.45, 7) is 0. The van der Waals surface area contributed by atoms with Gasteiger partial charge in [0.15, 0.2) is 0 Å². The molecular formula is C11H14ClNO4S2. The van der Waals surface area contributed by atoms with Crippen LogP contribution in [-0.2, 0) is 13.8 Å². The molecule has 5 nitrogen and oxygen atoms in total. The van der Waals surface area contributed by atoms with Crippen LogP contribution in [-0.4, -0.2) is 33.6 Å². The lowest BCUT2D eigenvalue weighted by molar-refractivity contribution is 0.0915. The van der Waals surface area contributed by atoms with Crippen LogP contribution in [0.15, 0.2) is 15.7 Å². The second-order valence-electron chi connectivity index (χ2n) is 4.43. The number of methoxy groups -OCH3 is 1. The normalized spacial score (nSPS) is 23.5. The molecule has 8 heteroatoms. The van der Waals surface area contributed by atoms with Crippen LogP contribution in [0.4, 0.5) is 0 Å². The van der Waals surface area contributed by atoms with Crippen LogP contribution in [0, 0.1) is 0 Å². The SMILES string of the molecule is COC1CCC(NC(=O)c2csc(S(=O)(=O)Cl)c2)C1. The van der Waals surface area contributed by atoms with Crippen molar-refractivity contribution >= 4 is 37.0 Å². The lowest BCUT2D eigenvalue weighted by Crippen LogP contribution is -2.33. The fraction of sp³-hybridized carbons (Fsp3) is 0.545. The van der Waals surface area contributed by atoms with Crippen LogP contribution in [0.2, 0.25) is 0 Å². The van der Waals surface area contributed by atoms with Gasteiger partial charge in [-0.2, -0.15) is 0 Å². The Bertz CT molecular complexity index is 569. The van der Waals surface area contributed by atoms with Crippen LogP contribution < -0.4 is 5.32 Å². The van der Waals surface area contributed by atoms with E-state index in [0.29, 0.717) is 5.56 Å². The largest absolute Gasteiger partial charge is 0.381 e. The van der Waals surface area contributed by atoms with E-state index < -0.39 is 9.05 Å². The Kier molecular flexibility index (Phi) is 4.50. The molecule has 1 fully saturated rings. The molecular weight excluding hydrogens is 310 g/mol. The number of carbonyl (C=O) groups excluding carboxylic acids is 1. The molecule has 1 aromatic heterocycles. The highest BCUT2D eigenvalue weighted by Gasteiger charge is 2.26. The molecule has 1 amide bonds. The highest BCUT2D eigenvalue weighted by molar-refractivity contribution is 8.15. The molecule has 19 heavy (non-hydrogen) atoms. The third-order valence-electron chi connectivity index (χ3n) is 3.13. The lowest BCUT2D eigenvalue weighted by Gasteiger charge is -2.12. The number of nitrogens with one attached hydrogen (secondary N) is 1. The molecule has 0 radical (unpaired) electrons. The lowest BCUT2D eigenvalue weighted by atomic mass is 10.2. The highest BCUT2D eigenvalue weighted by atomic mass is 35.7. The standard InChI is InChI=1S/C11H14ClNO4S2/c1-17-9-3-2-8(5-9)13-11(14)7-4-10(18-6-7)19(12,15)16/h4,6,8-9H,2-3,5H2,1H3,(H,13,14). The number of halogens is 1. The van der Waals surface area contributed by atoms with Gasteiger partial charge < -0.3 is 10.1 Å². The summed E-state index contributed by atoms with van der Waals surface area (Å²) in [5.41, 5.74) is 0.324. The summed E-state index contributed by atoms with van der Waals surface area (Å²) in [6.07, 6.45) is 2.76. The fourth-order valence-electron chi connectivity index (χ4n) is 2.12. The summed E-state index contributed by atoms with van der Waals surface area (Å²) in [4.78, 5) is 12.0. The van der Waals surface area contributed by atoms with E-state index >= 15 is 0 Å². The van der Waals surface area contributed by atoms with Crippen LogP contribution in [0.5, 0.6) is 0 Å². The van der Waals surface area contributed by atoms with Gasteiger partial charge in [0.2, 0.25) is 0 Å². The van der Waals surface area contributed by atoms with Gasteiger partial charge in [-0.1, -0.05) is 0 Å². The number of amides is 1. The maximum atomic E-state index is 12.0. The summed E-state index contributed by atoms with van der Waals surface area (Å²) in [5.74, 6) is -0.274. The quantitative estimate of drug-likeness (QED) is 0.860. The van der Waals surface area contributed by atoms with Crippen LogP contribution in [0.25, 0.3) is 0 Å². The predicted molar refractivity (Wildman–Crippen MR) is 73.3 cm³/mol. The van der Waals surface area contributed by atoms with Gasteiger partial charge in [0, 0.05) is 29.2 Å². The Labute approximate surface area is 120 Å². The molecule has 0 bridgehead atoms. The molecule has 0 spiro atoms. The summed E-state index contributed by atoms with van der Waals surface area (Å²) in [7, 11) is 3.11. The maximum Gasteiger partial charge on any atom is 0.270 e. The molecule has 2 unspecified atom stereocenters. The molecule has 106 valence electrons. The summed E-state index contributed by atoms with van der Waals surface area (Å²) >= 11 is 0.942. The summed E-state index contributed by atoms with van der Waals surface area (Å²) in [5, 5.41) is 4.37. The maximum absolute atomic E-state index is 12.0. The van der Waals surface area contributed by atoms with Crippen molar-refractivity contribution in [3.8, 4) is 0 Å². The molecule has 1 saturated carbocycles. The second kappa shape index (κ2) is 5.78. The molecule has 2 atom stereocenters. The zero-order chi connectivity index (χ0) is 14.0. The van der Waals surface area contributed by atoms with Gasteiger partial charge in [0.25, 0.3) is 15.0 Å². The minimum atomic E-state index is -3.76. The summed E-state index contributed by atoms with van der Waals surface area (Å²) in [6, 6.07) is 1.37. The predicted octanol–water partition coefficient (Wildman–Crippen LogP) is 1.97. The van der Waals surface area contributed by atoms with Crippen molar-refractivity contribution in [3.05, 3.63) is 17.0 Å². The second-order valence-corrected chi connectivity index (χ2v) is 8.14. The Balaban J connectivity index is 1.99. The monoisotopic (exact) mass is 323 g/mol. The van der Waals surface area contributed by atoms with E-state index in [4.69, 9.17) is 15.4 Å². The molecule has 2 rings (SSSR count). The number of rotatable bonds is 4. The van der Waals surface area contributed by atoms with E-state index in [1.807, 2.05) is 0 Å². The Morgan fingerprint density at radius 3 is 2.79 bits per heavy atom. The first kappa shape index (κ1) is 14.8. The van der Waals surface area contributed by atoms with Gasteiger partial charge in [-0.3, -0.25) is 4.79 Å². The average Bonchev–Trinajstić information content (AvgIpc) is 2.96. The first-order chi connectivity index (χ1) is 8.90. The van der Waals surface area contributed by atoms with Crippen LogP contribution in [0.3, 0.4) is 0 Å². The van der Waals surface area contributed by atoms with Crippen molar-refractivity contribution in [2.75, 3.05) is 7.11 Å². The molecule has 0 aromatic carbocycles. The van der Waals surface area contributed by atoms with Gasteiger partial charge in [-0.05, 0) is 25.3 Å². The zero-order valence-electron chi connectivity index (χ0n) is 10.3. The smallest absolute Gasteiger partial charge is 0.270 e. The minimum Gasteiger partial charge on any atom is -0.381 e. The van der Waals surface area contributed by atoms with Gasteiger partial charge in [-0.25, -0.2) is 8.42 Å².